The predicted molar refractivity (Wildman–Crippen MR) is 95.7 cm³/mol. The molecule has 26 heavy (non-hydrogen) atoms. The Hall–Kier alpha value is -2.82. The van der Waals surface area contributed by atoms with Gasteiger partial charge >= 0.3 is 11.9 Å². The molecule has 1 atom stereocenters. The zero-order valence-electron chi connectivity index (χ0n) is 14.8. The van der Waals surface area contributed by atoms with Crippen molar-refractivity contribution in [1.29, 1.82) is 0 Å². The third-order valence-electron chi connectivity index (χ3n) is 4.27. The molecule has 1 heterocycles. The molecule has 1 aliphatic heterocycles. The van der Waals surface area contributed by atoms with Crippen LogP contribution in [0.3, 0.4) is 0 Å². The Morgan fingerprint density at radius 1 is 1.08 bits per heavy atom. The van der Waals surface area contributed by atoms with E-state index in [0.29, 0.717) is 18.8 Å². The van der Waals surface area contributed by atoms with Crippen molar-refractivity contribution >= 4 is 11.9 Å². The van der Waals surface area contributed by atoms with Crippen molar-refractivity contribution < 1.29 is 23.8 Å². The first-order valence-corrected chi connectivity index (χ1v) is 8.77. The lowest BCUT2D eigenvalue weighted by Gasteiger charge is -2.25. The Morgan fingerprint density at radius 3 is 2.65 bits per heavy atom. The van der Waals surface area contributed by atoms with E-state index >= 15 is 0 Å². The number of benzene rings is 2. The van der Waals surface area contributed by atoms with Crippen molar-refractivity contribution in [2.24, 2.45) is 5.92 Å². The first-order valence-electron chi connectivity index (χ1n) is 8.77. The quantitative estimate of drug-likeness (QED) is 0.746. The molecule has 3 rings (SSSR count). The number of rotatable bonds is 6. The van der Waals surface area contributed by atoms with Gasteiger partial charge in [0.15, 0.2) is 0 Å². The maximum atomic E-state index is 12.4. The molecular weight excluding hydrogens is 332 g/mol. The molecular formula is C21H22O5. The van der Waals surface area contributed by atoms with Gasteiger partial charge in [0.05, 0.1) is 18.9 Å². The van der Waals surface area contributed by atoms with E-state index in [1.54, 1.807) is 6.92 Å². The topological polar surface area (TPSA) is 61.8 Å². The number of hydrogen-bond acceptors (Lipinski definition) is 5. The van der Waals surface area contributed by atoms with E-state index < -0.39 is 0 Å². The molecule has 5 heteroatoms. The van der Waals surface area contributed by atoms with Crippen LogP contribution in [0.4, 0.5) is 0 Å². The van der Waals surface area contributed by atoms with Gasteiger partial charge in [-0.3, -0.25) is 9.59 Å². The van der Waals surface area contributed by atoms with Crippen LogP contribution in [-0.4, -0.2) is 25.2 Å². The van der Waals surface area contributed by atoms with Crippen molar-refractivity contribution in [3.8, 4) is 5.75 Å². The predicted octanol–water partition coefficient (Wildman–Crippen LogP) is 3.09. The van der Waals surface area contributed by atoms with Crippen LogP contribution >= 0.6 is 0 Å². The number of hydrogen-bond donors (Lipinski definition) is 0. The van der Waals surface area contributed by atoms with E-state index in [9.17, 15) is 9.59 Å². The third kappa shape index (κ3) is 4.42. The SMILES string of the molecule is CCOC(=O)Cc1cccc2c1OCC(C(=O)OCc1ccccc1)C2. The van der Waals surface area contributed by atoms with Gasteiger partial charge in [-0.15, -0.1) is 0 Å². The highest BCUT2D eigenvalue weighted by Gasteiger charge is 2.29. The van der Waals surface area contributed by atoms with Gasteiger partial charge in [-0.2, -0.15) is 0 Å². The molecule has 0 saturated heterocycles. The van der Waals surface area contributed by atoms with Gasteiger partial charge in [0.2, 0.25) is 0 Å². The molecule has 2 aromatic rings. The number of esters is 2. The summed E-state index contributed by atoms with van der Waals surface area (Å²) < 4.78 is 16.2. The minimum absolute atomic E-state index is 0.167. The van der Waals surface area contributed by atoms with Crippen molar-refractivity contribution in [2.75, 3.05) is 13.2 Å². The average molecular weight is 354 g/mol. The van der Waals surface area contributed by atoms with Gasteiger partial charge in [-0.25, -0.2) is 0 Å². The lowest BCUT2D eigenvalue weighted by molar-refractivity contribution is -0.151. The second-order valence-electron chi connectivity index (χ2n) is 6.19. The molecule has 0 fully saturated rings. The normalized spacial score (nSPS) is 15.5. The van der Waals surface area contributed by atoms with Crippen LogP contribution in [0.2, 0.25) is 0 Å². The van der Waals surface area contributed by atoms with E-state index in [1.807, 2.05) is 48.5 Å². The first-order chi connectivity index (χ1) is 12.7. The van der Waals surface area contributed by atoms with Gasteiger partial charge in [-0.1, -0.05) is 48.5 Å². The van der Waals surface area contributed by atoms with E-state index in [-0.39, 0.29) is 37.5 Å². The van der Waals surface area contributed by atoms with Crippen LogP contribution in [0.15, 0.2) is 48.5 Å². The van der Waals surface area contributed by atoms with Gasteiger partial charge in [0.25, 0.3) is 0 Å². The van der Waals surface area contributed by atoms with Gasteiger partial charge in [0.1, 0.15) is 19.0 Å². The number of fused-ring (bicyclic) bond motifs is 1. The van der Waals surface area contributed by atoms with E-state index in [2.05, 4.69) is 0 Å². The first kappa shape index (κ1) is 18.0. The maximum absolute atomic E-state index is 12.4. The Kier molecular flexibility index (Phi) is 5.89. The summed E-state index contributed by atoms with van der Waals surface area (Å²) in [5.41, 5.74) is 2.66. The fraction of sp³-hybridized carbons (Fsp3) is 0.333. The summed E-state index contributed by atoms with van der Waals surface area (Å²) in [5.74, 6) is -0.207. The largest absolute Gasteiger partial charge is 0.492 e. The molecule has 0 N–H and O–H groups in total. The van der Waals surface area contributed by atoms with Crippen molar-refractivity contribution in [2.45, 2.75) is 26.4 Å². The van der Waals surface area contributed by atoms with Crippen LogP contribution in [0.25, 0.3) is 0 Å². The Labute approximate surface area is 152 Å². The van der Waals surface area contributed by atoms with Gasteiger partial charge in [0, 0.05) is 5.56 Å². The van der Waals surface area contributed by atoms with Crippen molar-refractivity contribution in [1.82, 2.24) is 0 Å². The zero-order chi connectivity index (χ0) is 18.4. The van der Waals surface area contributed by atoms with Gasteiger partial charge < -0.3 is 14.2 Å². The summed E-state index contributed by atoms with van der Waals surface area (Å²) in [6.07, 6.45) is 0.708. The van der Waals surface area contributed by atoms with Crippen LogP contribution in [0, 0.1) is 5.92 Å². The second kappa shape index (κ2) is 8.52. The Morgan fingerprint density at radius 2 is 1.88 bits per heavy atom. The lowest BCUT2D eigenvalue weighted by atomic mass is 9.94. The lowest BCUT2D eigenvalue weighted by Crippen LogP contribution is -2.30. The molecule has 0 radical (unpaired) electrons. The Balaban J connectivity index is 1.62. The minimum Gasteiger partial charge on any atom is -0.492 e. The molecule has 0 spiro atoms. The highest BCUT2D eigenvalue weighted by Crippen LogP contribution is 2.32. The van der Waals surface area contributed by atoms with Crippen LogP contribution in [0.5, 0.6) is 5.75 Å². The second-order valence-corrected chi connectivity index (χ2v) is 6.19. The molecule has 1 unspecified atom stereocenters. The number of carbonyl (C=O) groups excluding carboxylic acids is 2. The van der Waals surface area contributed by atoms with E-state index in [0.717, 1.165) is 16.7 Å². The van der Waals surface area contributed by atoms with E-state index in [4.69, 9.17) is 14.2 Å². The molecule has 5 nitrogen and oxygen atoms in total. The average Bonchev–Trinajstić information content (AvgIpc) is 2.67. The van der Waals surface area contributed by atoms with Crippen LogP contribution in [0.1, 0.15) is 23.6 Å². The van der Waals surface area contributed by atoms with Crippen LogP contribution < -0.4 is 4.74 Å². The Bertz CT molecular complexity index is 769. The fourth-order valence-electron chi connectivity index (χ4n) is 3.00. The smallest absolute Gasteiger partial charge is 0.313 e. The zero-order valence-corrected chi connectivity index (χ0v) is 14.8. The highest BCUT2D eigenvalue weighted by atomic mass is 16.5. The van der Waals surface area contributed by atoms with E-state index in [1.165, 1.54) is 0 Å². The maximum Gasteiger partial charge on any atom is 0.313 e. The summed E-state index contributed by atoms with van der Waals surface area (Å²) in [6, 6.07) is 15.2. The summed E-state index contributed by atoms with van der Waals surface area (Å²) in [4.78, 5) is 24.1. The summed E-state index contributed by atoms with van der Waals surface area (Å²) in [7, 11) is 0. The summed E-state index contributed by atoms with van der Waals surface area (Å²) >= 11 is 0. The number of carbonyl (C=O) groups is 2. The number of para-hydroxylation sites is 1. The molecule has 0 amide bonds. The standard InChI is InChI=1S/C21H22O5/c1-2-24-19(22)12-17-10-6-9-16-11-18(14-25-20(16)17)21(23)26-13-15-7-4-3-5-8-15/h3-10,18H,2,11-14H2,1H3. The molecule has 2 aromatic carbocycles. The summed E-state index contributed by atoms with van der Waals surface area (Å²) in [5, 5.41) is 0. The van der Waals surface area contributed by atoms with Gasteiger partial charge in [-0.05, 0) is 24.5 Å². The monoisotopic (exact) mass is 354 g/mol. The van der Waals surface area contributed by atoms with Crippen molar-refractivity contribution in [3.05, 3.63) is 65.2 Å². The third-order valence-corrected chi connectivity index (χ3v) is 4.27. The number of ether oxygens (including phenoxy) is 3. The molecule has 1 aliphatic rings. The highest BCUT2D eigenvalue weighted by molar-refractivity contribution is 5.75. The molecule has 0 aliphatic carbocycles. The molecule has 0 bridgehead atoms. The fourth-order valence-corrected chi connectivity index (χ4v) is 3.00. The molecule has 0 aromatic heterocycles. The molecule has 136 valence electrons. The molecule has 0 saturated carbocycles. The summed E-state index contributed by atoms with van der Waals surface area (Å²) in [6.45, 7) is 2.64. The van der Waals surface area contributed by atoms with Crippen molar-refractivity contribution in [3.63, 3.8) is 0 Å². The minimum atomic E-state index is -0.343. The van der Waals surface area contributed by atoms with Crippen LogP contribution in [-0.2, 0) is 38.5 Å².